The Morgan fingerprint density at radius 2 is 1.81 bits per heavy atom. The molecule has 0 aliphatic rings. The van der Waals surface area contributed by atoms with Crippen LogP contribution in [0, 0.1) is 3.57 Å². The van der Waals surface area contributed by atoms with Crippen molar-refractivity contribution in [1.29, 1.82) is 0 Å². The van der Waals surface area contributed by atoms with Crippen molar-refractivity contribution in [3.05, 3.63) is 46.6 Å². The van der Waals surface area contributed by atoms with Crippen LogP contribution in [0.5, 0.6) is 0 Å². The SMILES string of the molecule is CNc1nc(Nc2ccc(I)cc2)nc(-n2ccnc2)n1. The van der Waals surface area contributed by atoms with Gasteiger partial charge in [0.15, 0.2) is 0 Å². The van der Waals surface area contributed by atoms with Crippen molar-refractivity contribution in [2.45, 2.75) is 0 Å². The molecule has 0 radical (unpaired) electrons. The Labute approximate surface area is 135 Å². The first-order valence-electron chi connectivity index (χ1n) is 6.19. The van der Waals surface area contributed by atoms with Crippen LogP contribution in [0.3, 0.4) is 0 Å². The highest BCUT2D eigenvalue weighted by Gasteiger charge is 2.07. The topological polar surface area (TPSA) is 80.5 Å². The monoisotopic (exact) mass is 393 g/mol. The quantitative estimate of drug-likeness (QED) is 0.663. The molecule has 2 aromatic heterocycles. The van der Waals surface area contributed by atoms with Gasteiger partial charge in [-0.15, -0.1) is 0 Å². The van der Waals surface area contributed by atoms with Crippen LogP contribution in [-0.4, -0.2) is 31.6 Å². The van der Waals surface area contributed by atoms with E-state index in [9.17, 15) is 0 Å². The Hall–Kier alpha value is -2.23. The lowest BCUT2D eigenvalue weighted by Gasteiger charge is -2.08. The number of halogens is 1. The predicted octanol–water partition coefficient (Wildman–Crippen LogP) is 2.45. The fourth-order valence-electron chi connectivity index (χ4n) is 1.69. The molecule has 8 heteroatoms. The normalized spacial score (nSPS) is 10.4. The van der Waals surface area contributed by atoms with E-state index in [2.05, 4.69) is 53.2 Å². The molecule has 2 N–H and O–H groups in total. The first-order chi connectivity index (χ1) is 10.2. The number of nitrogens with zero attached hydrogens (tertiary/aromatic N) is 5. The third-order valence-corrected chi connectivity index (χ3v) is 3.40. The minimum Gasteiger partial charge on any atom is -0.357 e. The lowest BCUT2D eigenvalue weighted by molar-refractivity contribution is 0.902. The van der Waals surface area contributed by atoms with Gasteiger partial charge in [-0.05, 0) is 46.9 Å². The van der Waals surface area contributed by atoms with Gasteiger partial charge in [-0.3, -0.25) is 4.57 Å². The van der Waals surface area contributed by atoms with E-state index in [0.29, 0.717) is 17.8 Å². The van der Waals surface area contributed by atoms with Gasteiger partial charge in [-0.1, -0.05) is 0 Å². The molecular weight excluding hydrogens is 381 g/mol. The van der Waals surface area contributed by atoms with Gasteiger partial charge >= 0.3 is 0 Å². The first-order valence-corrected chi connectivity index (χ1v) is 7.27. The van der Waals surface area contributed by atoms with Crippen LogP contribution < -0.4 is 10.6 Å². The average molecular weight is 393 g/mol. The van der Waals surface area contributed by atoms with Gasteiger partial charge in [-0.2, -0.15) is 15.0 Å². The van der Waals surface area contributed by atoms with Crippen molar-refractivity contribution >= 4 is 40.2 Å². The van der Waals surface area contributed by atoms with Crippen molar-refractivity contribution in [3.63, 3.8) is 0 Å². The van der Waals surface area contributed by atoms with Crippen LogP contribution in [0.1, 0.15) is 0 Å². The van der Waals surface area contributed by atoms with Crippen molar-refractivity contribution in [1.82, 2.24) is 24.5 Å². The molecule has 0 unspecified atom stereocenters. The molecule has 21 heavy (non-hydrogen) atoms. The number of anilines is 3. The van der Waals surface area contributed by atoms with Gasteiger partial charge < -0.3 is 10.6 Å². The summed E-state index contributed by atoms with van der Waals surface area (Å²) in [5, 5.41) is 6.10. The Morgan fingerprint density at radius 3 is 2.48 bits per heavy atom. The highest BCUT2D eigenvalue weighted by Crippen LogP contribution is 2.16. The third-order valence-electron chi connectivity index (χ3n) is 2.68. The summed E-state index contributed by atoms with van der Waals surface area (Å²) >= 11 is 2.26. The molecule has 0 amide bonds. The number of hydrogen-bond donors (Lipinski definition) is 2. The van der Waals surface area contributed by atoms with Crippen molar-refractivity contribution in [2.24, 2.45) is 0 Å². The number of rotatable bonds is 4. The van der Waals surface area contributed by atoms with E-state index in [0.717, 1.165) is 5.69 Å². The summed E-state index contributed by atoms with van der Waals surface area (Å²) < 4.78 is 2.89. The lowest BCUT2D eigenvalue weighted by Crippen LogP contribution is -2.08. The molecule has 1 aromatic carbocycles. The highest BCUT2D eigenvalue weighted by molar-refractivity contribution is 14.1. The number of aromatic nitrogens is 5. The molecule has 3 aromatic rings. The lowest BCUT2D eigenvalue weighted by atomic mass is 10.3. The summed E-state index contributed by atoms with van der Waals surface area (Å²) in [4.78, 5) is 17.0. The van der Waals surface area contributed by atoms with Crippen LogP contribution >= 0.6 is 22.6 Å². The van der Waals surface area contributed by atoms with Gasteiger partial charge in [0.25, 0.3) is 0 Å². The zero-order valence-corrected chi connectivity index (χ0v) is 13.3. The van der Waals surface area contributed by atoms with Gasteiger partial charge in [0.05, 0.1) is 0 Å². The molecule has 0 atom stereocenters. The van der Waals surface area contributed by atoms with E-state index in [1.165, 1.54) is 3.57 Å². The molecule has 2 heterocycles. The Kier molecular flexibility index (Phi) is 3.95. The van der Waals surface area contributed by atoms with E-state index in [4.69, 9.17) is 0 Å². The van der Waals surface area contributed by atoms with E-state index in [1.54, 1.807) is 30.3 Å². The minimum absolute atomic E-state index is 0.472. The molecule has 0 bridgehead atoms. The number of benzene rings is 1. The van der Waals surface area contributed by atoms with E-state index < -0.39 is 0 Å². The standard InChI is InChI=1S/C13H12IN7/c1-15-11-18-12(17-10-4-2-9(14)3-5-10)20-13(19-11)21-7-6-16-8-21/h2-8H,1H3,(H2,15,17,18,19,20). The minimum atomic E-state index is 0.472. The summed E-state index contributed by atoms with van der Waals surface area (Å²) in [6.45, 7) is 0. The van der Waals surface area contributed by atoms with Crippen LogP contribution in [-0.2, 0) is 0 Å². The average Bonchev–Trinajstić information content (AvgIpc) is 3.04. The molecule has 0 fully saturated rings. The zero-order valence-electron chi connectivity index (χ0n) is 11.2. The Balaban J connectivity index is 1.94. The molecule has 0 aliphatic carbocycles. The Bertz CT molecular complexity index is 725. The number of imidazole rings is 1. The molecule has 0 saturated carbocycles. The largest absolute Gasteiger partial charge is 0.357 e. The molecule has 0 aliphatic heterocycles. The molecular formula is C13H12IN7. The van der Waals surface area contributed by atoms with Crippen molar-refractivity contribution in [3.8, 4) is 5.95 Å². The number of hydrogen-bond acceptors (Lipinski definition) is 6. The van der Waals surface area contributed by atoms with Gasteiger partial charge in [0, 0.05) is 28.7 Å². The second-order valence-corrected chi connectivity index (χ2v) is 5.38. The van der Waals surface area contributed by atoms with E-state index in [1.807, 2.05) is 24.3 Å². The highest BCUT2D eigenvalue weighted by atomic mass is 127. The van der Waals surface area contributed by atoms with Gasteiger partial charge in [0.1, 0.15) is 6.33 Å². The van der Waals surface area contributed by atoms with Gasteiger partial charge in [-0.25, -0.2) is 4.98 Å². The fourth-order valence-corrected chi connectivity index (χ4v) is 2.05. The predicted molar refractivity (Wildman–Crippen MR) is 88.9 cm³/mol. The van der Waals surface area contributed by atoms with Crippen molar-refractivity contribution in [2.75, 3.05) is 17.7 Å². The Morgan fingerprint density at radius 1 is 1.05 bits per heavy atom. The molecule has 3 rings (SSSR count). The van der Waals surface area contributed by atoms with Crippen LogP contribution in [0.2, 0.25) is 0 Å². The van der Waals surface area contributed by atoms with Gasteiger partial charge in [0.2, 0.25) is 17.8 Å². The third kappa shape index (κ3) is 3.27. The van der Waals surface area contributed by atoms with Crippen LogP contribution in [0.15, 0.2) is 43.0 Å². The van der Waals surface area contributed by atoms with E-state index >= 15 is 0 Å². The van der Waals surface area contributed by atoms with Crippen LogP contribution in [0.25, 0.3) is 5.95 Å². The molecule has 106 valence electrons. The summed E-state index contributed by atoms with van der Waals surface area (Å²) in [7, 11) is 1.77. The fraction of sp³-hybridized carbons (Fsp3) is 0.0769. The van der Waals surface area contributed by atoms with Crippen LogP contribution in [0.4, 0.5) is 17.6 Å². The van der Waals surface area contributed by atoms with Crippen molar-refractivity contribution < 1.29 is 0 Å². The zero-order chi connectivity index (χ0) is 14.7. The summed E-state index contributed by atoms with van der Waals surface area (Å²) in [5.74, 6) is 1.46. The second kappa shape index (κ2) is 6.04. The number of nitrogens with one attached hydrogen (secondary N) is 2. The maximum Gasteiger partial charge on any atom is 0.241 e. The smallest absolute Gasteiger partial charge is 0.241 e. The second-order valence-electron chi connectivity index (χ2n) is 4.13. The summed E-state index contributed by atoms with van der Waals surface area (Å²) in [6, 6.07) is 7.97. The molecule has 0 saturated heterocycles. The maximum atomic E-state index is 4.39. The first kappa shape index (κ1) is 13.7. The maximum absolute atomic E-state index is 4.39. The van der Waals surface area contributed by atoms with E-state index in [-0.39, 0.29) is 0 Å². The summed E-state index contributed by atoms with van der Waals surface area (Å²) in [6.07, 6.45) is 5.10. The molecule has 7 nitrogen and oxygen atoms in total. The summed E-state index contributed by atoms with van der Waals surface area (Å²) in [5.41, 5.74) is 0.917. The molecule has 0 spiro atoms.